The number of non-ortho nitro benzene ring substituents is 1. The minimum Gasteiger partial charge on any atom is -0.484 e. The first-order valence-electron chi connectivity index (χ1n) is 6.88. The Hall–Kier alpha value is -2.64. The van der Waals surface area contributed by atoms with Crippen LogP contribution >= 0.6 is 0 Å². The highest BCUT2D eigenvalue weighted by molar-refractivity contribution is 5.84. The lowest BCUT2D eigenvalue weighted by atomic mass is 10.0. The van der Waals surface area contributed by atoms with E-state index in [0.29, 0.717) is 18.7 Å². The Morgan fingerprint density at radius 1 is 1.32 bits per heavy atom. The Morgan fingerprint density at radius 2 is 2.00 bits per heavy atom. The largest absolute Gasteiger partial charge is 0.484 e. The molecule has 1 aromatic rings. The molecular weight excluding hydrogens is 292 g/mol. The summed E-state index contributed by atoms with van der Waals surface area (Å²) in [6.07, 6.45) is 2.00. The van der Waals surface area contributed by atoms with Gasteiger partial charge in [-0.15, -0.1) is 0 Å². The van der Waals surface area contributed by atoms with Crippen LogP contribution in [-0.2, 0) is 9.59 Å². The van der Waals surface area contributed by atoms with Gasteiger partial charge >= 0.3 is 5.97 Å². The molecule has 1 heterocycles. The Morgan fingerprint density at radius 3 is 2.59 bits per heavy atom. The zero-order valence-corrected chi connectivity index (χ0v) is 11.8. The number of hydrogen-bond donors (Lipinski definition) is 1. The van der Waals surface area contributed by atoms with Crippen molar-refractivity contribution in [2.75, 3.05) is 13.2 Å². The molecule has 2 rings (SSSR count). The van der Waals surface area contributed by atoms with Crippen molar-refractivity contribution >= 4 is 17.6 Å². The number of benzene rings is 1. The molecule has 1 aromatic carbocycles. The molecule has 8 heteroatoms. The molecule has 0 aliphatic carbocycles. The predicted octanol–water partition coefficient (Wildman–Crippen LogP) is 1.44. The Kier molecular flexibility index (Phi) is 4.92. The molecule has 118 valence electrons. The number of rotatable bonds is 5. The van der Waals surface area contributed by atoms with Crippen LogP contribution in [0.2, 0.25) is 0 Å². The molecule has 1 fully saturated rings. The fourth-order valence-electron chi connectivity index (χ4n) is 2.38. The number of aliphatic carboxylic acids is 1. The number of carboxylic acids is 1. The van der Waals surface area contributed by atoms with Crippen molar-refractivity contribution in [1.29, 1.82) is 0 Å². The lowest BCUT2D eigenvalue weighted by Gasteiger charge is -2.32. The summed E-state index contributed by atoms with van der Waals surface area (Å²) in [5.41, 5.74) is -0.0688. The maximum absolute atomic E-state index is 12.1. The van der Waals surface area contributed by atoms with Crippen molar-refractivity contribution < 1.29 is 24.4 Å². The van der Waals surface area contributed by atoms with Crippen LogP contribution in [0.15, 0.2) is 24.3 Å². The van der Waals surface area contributed by atoms with E-state index in [0.717, 1.165) is 12.8 Å². The minimum atomic E-state index is -1.01. The first-order chi connectivity index (χ1) is 10.5. The van der Waals surface area contributed by atoms with Gasteiger partial charge in [-0.3, -0.25) is 14.9 Å². The number of nitro groups is 1. The van der Waals surface area contributed by atoms with E-state index in [1.807, 2.05) is 0 Å². The van der Waals surface area contributed by atoms with Crippen molar-refractivity contribution in [2.45, 2.75) is 25.3 Å². The third-order valence-corrected chi connectivity index (χ3v) is 3.52. The van der Waals surface area contributed by atoms with Crippen molar-refractivity contribution in [3.8, 4) is 5.75 Å². The van der Waals surface area contributed by atoms with Gasteiger partial charge in [0.25, 0.3) is 11.6 Å². The number of nitrogens with zero attached hydrogens (tertiary/aromatic N) is 2. The summed E-state index contributed by atoms with van der Waals surface area (Å²) in [5.74, 6) is -1.09. The topological polar surface area (TPSA) is 110 Å². The van der Waals surface area contributed by atoms with E-state index < -0.39 is 22.8 Å². The molecule has 1 aliphatic rings. The number of amides is 1. The van der Waals surface area contributed by atoms with E-state index in [1.54, 1.807) is 0 Å². The third kappa shape index (κ3) is 3.72. The van der Waals surface area contributed by atoms with Crippen molar-refractivity contribution in [1.82, 2.24) is 4.90 Å². The van der Waals surface area contributed by atoms with Gasteiger partial charge in [-0.1, -0.05) is 0 Å². The molecule has 8 nitrogen and oxygen atoms in total. The molecule has 1 N–H and O–H groups in total. The van der Waals surface area contributed by atoms with Gasteiger partial charge < -0.3 is 14.7 Å². The molecule has 0 spiro atoms. The van der Waals surface area contributed by atoms with Crippen LogP contribution in [0.5, 0.6) is 5.75 Å². The van der Waals surface area contributed by atoms with E-state index in [2.05, 4.69) is 0 Å². The number of carbonyl (C=O) groups is 2. The van der Waals surface area contributed by atoms with Crippen LogP contribution < -0.4 is 4.74 Å². The van der Waals surface area contributed by atoms with Crippen molar-refractivity contribution in [3.63, 3.8) is 0 Å². The quantitative estimate of drug-likeness (QED) is 0.651. The van der Waals surface area contributed by atoms with E-state index in [9.17, 15) is 19.7 Å². The second-order valence-electron chi connectivity index (χ2n) is 4.98. The van der Waals surface area contributed by atoms with Gasteiger partial charge in [0.1, 0.15) is 11.8 Å². The summed E-state index contributed by atoms with van der Waals surface area (Å²) >= 11 is 0. The van der Waals surface area contributed by atoms with E-state index in [1.165, 1.54) is 29.2 Å². The fourth-order valence-corrected chi connectivity index (χ4v) is 2.38. The number of ether oxygens (including phenoxy) is 1. The number of hydrogen-bond acceptors (Lipinski definition) is 5. The SMILES string of the molecule is O=C(O)C1CCCCN1C(=O)COc1ccc([N+](=O)[O-])cc1. The summed E-state index contributed by atoms with van der Waals surface area (Å²) in [5, 5.41) is 19.7. The number of likely N-dealkylation sites (tertiary alicyclic amines) is 1. The highest BCUT2D eigenvalue weighted by Gasteiger charge is 2.31. The molecule has 0 bridgehead atoms. The standard InChI is InChI=1S/C14H16N2O6/c17-13(15-8-2-1-3-12(15)14(18)19)9-22-11-6-4-10(5-7-11)16(20)21/h4-7,12H,1-3,8-9H2,(H,18,19). The average molecular weight is 308 g/mol. The van der Waals surface area contributed by atoms with E-state index in [-0.39, 0.29) is 12.3 Å². The first kappa shape index (κ1) is 15.7. The highest BCUT2D eigenvalue weighted by Crippen LogP contribution is 2.19. The Labute approximate surface area is 126 Å². The van der Waals surface area contributed by atoms with Gasteiger partial charge in [-0.2, -0.15) is 0 Å². The summed E-state index contributed by atoms with van der Waals surface area (Å²) in [4.78, 5) is 34.6. The van der Waals surface area contributed by atoms with Gasteiger partial charge in [0.05, 0.1) is 4.92 Å². The Balaban J connectivity index is 1.93. The predicted molar refractivity (Wildman–Crippen MR) is 75.6 cm³/mol. The number of carbonyl (C=O) groups excluding carboxylic acids is 1. The van der Waals surface area contributed by atoms with Crippen LogP contribution in [0, 0.1) is 10.1 Å². The van der Waals surface area contributed by atoms with E-state index in [4.69, 9.17) is 9.84 Å². The highest BCUT2D eigenvalue weighted by atomic mass is 16.6. The lowest BCUT2D eigenvalue weighted by molar-refractivity contribution is -0.384. The average Bonchev–Trinajstić information content (AvgIpc) is 2.53. The number of carboxylic acid groups (broad SMARTS) is 1. The molecule has 0 saturated carbocycles. The molecular formula is C14H16N2O6. The molecule has 1 saturated heterocycles. The van der Waals surface area contributed by atoms with Crippen LogP contribution in [-0.4, -0.2) is 46.0 Å². The smallest absolute Gasteiger partial charge is 0.326 e. The van der Waals surface area contributed by atoms with Gasteiger partial charge in [0.2, 0.25) is 0 Å². The third-order valence-electron chi connectivity index (χ3n) is 3.52. The van der Waals surface area contributed by atoms with Crippen molar-refractivity contribution in [3.05, 3.63) is 34.4 Å². The lowest BCUT2D eigenvalue weighted by Crippen LogP contribution is -2.49. The zero-order chi connectivity index (χ0) is 16.1. The monoisotopic (exact) mass is 308 g/mol. The van der Waals surface area contributed by atoms with Crippen LogP contribution in [0.25, 0.3) is 0 Å². The summed E-state index contributed by atoms with van der Waals surface area (Å²) < 4.78 is 5.28. The minimum absolute atomic E-state index is 0.0688. The van der Waals surface area contributed by atoms with Crippen LogP contribution in [0.3, 0.4) is 0 Å². The summed E-state index contributed by atoms with van der Waals surface area (Å²) in [7, 11) is 0. The van der Waals surface area contributed by atoms with Gasteiger partial charge in [-0.25, -0.2) is 4.79 Å². The Bertz CT molecular complexity index is 571. The second-order valence-corrected chi connectivity index (χ2v) is 4.98. The first-order valence-corrected chi connectivity index (χ1v) is 6.88. The normalized spacial score (nSPS) is 17.8. The molecule has 22 heavy (non-hydrogen) atoms. The van der Waals surface area contributed by atoms with E-state index >= 15 is 0 Å². The van der Waals surface area contributed by atoms with Crippen molar-refractivity contribution in [2.24, 2.45) is 0 Å². The number of piperidine rings is 1. The summed E-state index contributed by atoms with van der Waals surface area (Å²) in [6.45, 7) is 0.112. The fraction of sp³-hybridized carbons (Fsp3) is 0.429. The maximum Gasteiger partial charge on any atom is 0.326 e. The number of nitro benzene ring substituents is 1. The van der Waals surface area contributed by atoms with Crippen LogP contribution in [0.1, 0.15) is 19.3 Å². The molecule has 0 radical (unpaired) electrons. The van der Waals surface area contributed by atoms with Gasteiger partial charge in [-0.05, 0) is 31.4 Å². The van der Waals surface area contributed by atoms with Gasteiger partial charge in [0, 0.05) is 18.7 Å². The molecule has 1 atom stereocenters. The maximum atomic E-state index is 12.1. The summed E-state index contributed by atoms with van der Waals surface area (Å²) in [6, 6.07) is 4.55. The second kappa shape index (κ2) is 6.88. The zero-order valence-electron chi connectivity index (χ0n) is 11.8. The van der Waals surface area contributed by atoms with Crippen LogP contribution in [0.4, 0.5) is 5.69 Å². The molecule has 1 unspecified atom stereocenters. The molecule has 1 aliphatic heterocycles. The van der Waals surface area contributed by atoms with Gasteiger partial charge in [0.15, 0.2) is 6.61 Å². The molecule has 0 aromatic heterocycles. The molecule has 1 amide bonds.